The molecule has 0 spiro atoms. The predicted octanol–water partition coefficient (Wildman–Crippen LogP) is 3.69. The zero-order chi connectivity index (χ0) is 19.4. The molecule has 3 aliphatic carbocycles. The number of rotatable bonds is 4. The van der Waals surface area contributed by atoms with E-state index in [1.54, 1.807) is 5.57 Å². The van der Waals surface area contributed by atoms with Crippen LogP contribution in [-0.4, -0.2) is 36.9 Å². The number of esters is 1. The normalized spacial score (nSPS) is 45.9. The lowest BCUT2D eigenvalue weighted by atomic mass is 9.41. The molecular weight excluding hydrogens is 338 g/mol. The first-order valence-corrected chi connectivity index (χ1v) is 11.0. The molecule has 4 heteroatoms. The maximum absolute atomic E-state index is 12.2. The summed E-state index contributed by atoms with van der Waals surface area (Å²) in [5.74, 6) is 1.78. The van der Waals surface area contributed by atoms with E-state index in [4.69, 9.17) is 4.74 Å². The van der Waals surface area contributed by atoms with Crippen molar-refractivity contribution in [3.05, 3.63) is 11.6 Å². The number of methoxy groups -OCH3 is 1. The lowest BCUT2D eigenvalue weighted by Crippen LogP contribution is -2.72. The second kappa shape index (κ2) is 6.88. The molecule has 4 nitrogen and oxygen atoms in total. The Morgan fingerprint density at radius 1 is 1.37 bits per heavy atom. The van der Waals surface area contributed by atoms with Crippen molar-refractivity contribution in [3.8, 4) is 0 Å². The van der Waals surface area contributed by atoms with Crippen LogP contribution in [0.3, 0.4) is 0 Å². The molecule has 3 fully saturated rings. The van der Waals surface area contributed by atoms with Gasteiger partial charge in [0, 0.05) is 23.8 Å². The third-order valence-electron chi connectivity index (χ3n) is 8.92. The van der Waals surface area contributed by atoms with E-state index < -0.39 is 0 Å². The molecule has 2 saturated carbocycles. The molecule has 4 rings (SSSR count). The van der Waals surface area contributed by atoms with Gasteiger partial charge in [-0.2, -0.15) is 0 Å². The van der Waals surface area contributed by atoms with Gasteiger partial charge in [-0.25, -0.2) is 0 Å². The number of aliphatic hydroxyl groups is 1. The van der Waals surface area contributed by atoms with E-state index in [9.17, 15) is 9.90 Å². The number of fused-ring (bicyclic) bond motifs is 1. The number of hydrogen-bond acceptors (Lipinski definition) is 4. The maximum Gasteiger partial charge on any atom is 0.305 e. The minimum Gasteiger partial charge on any atom is -0.469 e. The molecule has 0 aromatic carbocycles. The fourth-order valence-corrected chi connectivity index (χ4v) is 7.75. The average Bonchev–Trinajstić information content (AvgIpc) is 3.06. The molecule has 27 heavy (non-hydrogen) atoms. The van der Waals surface area contributed by atoms with Crippen molar-refractivity contribution < 1.29 is 14.6 Å². The Hall–Kier alpha value is -0.870. The largest absolute Gasteiger partial charge is 0.469 e. The summed E-state index contributed by atoms with van der Waals surface area (Å²) in [5, 5.41) is 15.1. The van der Waals surface area contributed by atoms with Crippen molar-refractivity contribution in [2.75, 3.05) is 13.7 Å². The van der Waals surface area contributed by atoms with Gasteiger partial charge in [-0.1, -0.05) is 32.4 Å². The van der Waals surface area contributed by atoms with Gasteiger partial charge >= 0.3 is 5.97 Å². The van der Waals surface area contributed by atoms with Crippen LogP contribution in [0.5, 0.6) is 0 Å². The summed E-state index contributed by atoms with van der Waals surface area (Å²) >= 11 is 0. The van der Waals surface area contributed by atoms with E-state index in [-0.39, 0.29) is 34.9 Å². The lowest BCUT2D eigenvalue weighted by Gasteiger charge is -2.67. The minimum absolute atomic E-state index is 0.0318. The Morgan fingerprint density at radius 2 is 2.15 bits per heavy atom. The van der Waals surface area contributed by atoms with E-state index in [2.05, 4.69) is 32.2 Å². The van der Waals surface area contributed by atoms with E-state index in [0.29, 0.717) is 24.2 Å². The smallest absolute Gasteiger partial charge is 0.305 e. The summed E-state index contributed by atoms with van der Waals surface area (Å²) in [5.41, 5.74) is 1.63. The van der Waals surface area contributed by atoms with Crippen LogP contribution in [0.4, 0.5) is 0 Å². The second-order valence-electron chi connectivity index (χ2n) is 10.2. The Kier molecular flexibility index (Phi) is 4.95. The molecular formula is C23H37NO3. The number of nitrogens with one attached hydrogen (secondary N) is 1. The van der Waals surface area contributed by atoms with E-state index in [1.807, 2.05) is 0 Å². The number of piperidine rings is 1. The Balaban J connectivity index is 1.87. The number of carbonyl (C=O) groups is 1. The second-order valence-corrected chi connectivity index (χ2v) is 10.2. The summed E-state index contributed by atoms with van der Waals surface area (Å²) in [4.78, 5) is 12.2. The molecule has 0 radical (unpaired) electrons. The molecule has 0 aromatic heterocycles. The third kappa shape index (κ3) is 2.66. The standard InChI is InChI=1S/C23H37NO3/c1-14(2)20-18(25)12-22(3)16-9-8-15-6-5-7-17(15)23(22,21(20)24-13-16)11-10-19(26)27-4/h7,14-16,18,20-21,24-25H,5-6,8-13H2,1-4H3. The summed E-state index contributed by atoms with van der Waals surface area (Å²) < 4.78 is 5.04. The Labute approximate surface area is 164 Å². The first-order chi connectivity index (χ1) is 12.8. The number of aliphatic hydroxyl groups excluding tert-OH is 1. The summed E-state index contributed by atoms with van der Waals surface area (Å²) in [6, 6.07) is 0.247. The minimum atomic E-state index is -0.264. The van der Waals surface area contributed by atoms with Crippen molar-refractivity contribution in [3.63, 3.8) is 0 Å². The molecule has 0 amide bonds. The molecule has 0 aromatic rings. The van der Waals surface area contributed by atoms with E-state index in [0.717, 1.165) is 19.4 Å². The van der Waals surface area contributed by atoms with Gasteiger partial charge in [0.2, 0.25) is 0 Å². The highest BCUT2D eigenvalue weighted by molar-refractivity contribution is 5.69. The van der Waals surface area contributed by atoms with Gasteiger partial charge in [-0.05, 0) is 68.2 Å². The molecule has 7 atom stereocenters. The van der Waals surface area contributed by atoms with Crippen molar-refractivity contribution in [2.45, 2.75) is 77.9 Å². The number of allylic oxidation sites excluding steroid dienone is 1. The predicted molar refractivity (Wildman–Crippen MR) is 106 cm³/mol. The molecule has 7 unspecified atom stereocenters. The van der Waals surface area contributed by atoms with Gasteiger partial charge in [0.05, 0.1) is 13.2 Å². The highest BCUT2D eigenvalue weighted by Gasteiger charge is 2.68. The van der Waals surface area contributed by atoms with Gasteiger partial charge in [-0.15, -0.1) is 0 Å². The fourth-order valence-electron chi connectivity index (χ4n) is 7.75. The van der Waals surface area contributed by atoms with Crippen LogP contribution >= 0.6 is 0 Å². The number of carbonyl (C=O) groups excluding carboxylic acids is 1. The quantitative estimate of drug-likeness (QED) is 0.581. The van der Waals surface area contributed by atoms with Crippen molar-refractivity contribution in [1.29, 1.82) is 0 Å². The highest BCUT2D eigenvalue weighted by atomic mass is 16.5. The first kappa shape index (κ1) is 19.4. The summed E-state index contributed by atoms with van der Waals surface area (Å²) in [6.45, 7) is 7.98. The highest BCUT2D eigenvalue weighted by Crippen LogP contribution is 2.69. The van der Waals surface area contributed by atoms with Gasteiger partial charge in [0.25, 0.3) is 0 Å². The topological polar surface area (TPSA) is 58.6 Å². The number of hydrogen-bond donors (Lipinski definition) is 2. The first-order valence-electron chi connectivity index (χ1n) is 11.0. The van der Waals surface area contributed by atoms with Gasteiger partial charge < -0.3 is 15.2 Å². The molecule has 1 saturated heterocycles. The van der Waals surface area contributed by atoms with Crippen LogP contribution in [0.2, 0.25) is 0 Å². The molecule has 4 aliphatic rings. The molecule has 4 bridgehead atoms. The Morgan fingerprint density at radius 3 is 2.85 bits per heavy atom. The van der Waals surface area contributed by atoms with Crippen LogP contribution in [0.25, 0.3) is 0 Å². The van der Waals surface area contributed by atoms with Crippen molar-refractivity contribution in [1.82, 2.24) is 5.32 Å². The van der Waals surface area contributed by atoms with E-state index in [1.165, 1.54) is 32.8 Å². The molecule has 2 N–H and O–H groups in total. The average molecular weight is 376 g/mol. The van der Waals surface area contributed by atoms with Gasteiger partial charge in [-0.3, -0.25) is 4.79 Å². The maximum atomic E-state index is 12.2. The van der Waals surface area contributed by atoms with Crippen LogP contribution in [-0.2, 0) is 9.53 Å². The monoisotopic (exact) mass is 375 g/mol. The molecule has 1 heterocycles. The SMILES string of the molecule is COC(=O)CCC12C3=CCCC3CCC3CNC1C(C(C)C)C(O)CC32C. The van der Waals surface area contributed by atoms with Crippen LogP contribution < -0.4 is 5.32 Å². The molecule has 1 aliphatic heterocycles. The van der Waals surface area contributed by atoms with E-state index >= 15 is 0 Å². The Bertz CT molecular complexity index is 629. The number of ether oxygens (including phenoxy) is 1. The third-order valence-corrected chi connectivity index (χ3v) is 8.92. The summed E-state index contributed by atoms with van der Waals surface area (Å²) in [7, 11) is 1.50. The van der Waals surface area contributed by atoms with Crippen LogP contribution in [0.15, 0.2) is 11.6 Å². The zero-order valence-corrected chi connectivity index (χ0v) is 17.5. The van der Waals surface area contributed by atoms with Gasteiger partial charge in [0.15, 0.2) is 0 Å². The summed E-state index contributed by atoms with van der Waals surface area (Å²) in [6.07, 6.45) is 9.37. The fraction of sp³-hybridized carbons (Fsp3) is 0.870. The van der Waals surface area contributed by atoms with Crippen LogP contribution in [0.1, 0.15) is 65.7 Å². The lowest BCUT2D eigenvalue weighted by molar-refractivity contribution is -0.166. The van der Waals surface area contributed by atoms with Crippen molar-refractivity contribution in [2.24, 2.45) is 34.5 Å². The van der Waals surface area contributed by atoms with Crippen molar-refractivity contribution >= 4 is 5.97 Å². The zero-order valence-electron chi connectivity index (χ0n) is 17.5. The van der Waals surface area contributed by atoms with Gasteiger partial charge in [0.1, 0.15) is 0 Å². The molecule has 152 valence electrons. The van der Waals surface area contributed by atoms with Crippen LogP contribution in [0, 0.1) is 34.5 Å².